The van der Waals surface area contributed by atoms with E-state index in [0.717, 1.165) is 45.1 Å². The summed E-state index contributed by atoms with van der Waals surface area (Å²) in [6.45, 7) is 36.1. The third kappa shape index (κ3) is 11.4. The van der Waals surface area contributed by atoms with Gasteiger partial charge in [-0.25, -0.2) is 0 Å². The van der Waals surface area contributed by atoms with Crippen LogP contribution in [0.4, 0.5) is 0 Å². The lowest BCUT2D eigenvalue weighted by Crippen LogP contribution is -2.54. The third-order valence-corrected chi connectivity index (χ3v) is 22.7. The van der Waals surface area contributed by atoms with Crippen LogP contribution in [0.25, 0.3) is 0 Å². The molecule has 1 unspecified atom stereocenters. The van der Waals surface area contributed by atoms with Crippen LogP contribution in [0, 0.1) is 0 Å². The first-order valence-corrected chi connectivity index (χ1v) is 21.9. The normalized spacial score (nSPS) is 14.4. The van der Waals surface area contributed by atoms with Crippen LogP contribution in [0.5, 0.6) is 0 Å². The minimum Gasteiger partial charge on any atom is -0.413 e. The molecule has 0 aromatic heterocycles. The van der Waals surface area contributed by atoms with E-state index < -0.39 is 25.9 Å². The fourth-order valence-corrected chi connectivity index (χ4v) is 19.8. The molecule has 0 aliphatic carbocycles. The molecule has 0 radical (unpaired) electrons. The van der Waals surface area contributed by atoms with Crippen LogP contribution in [-0.4, -0.2) is 65.1 Å². The fourth-order valence-electron chi connectivity index (χ4n) is 6.83. The summed E-state index contributed by atoms with van der Waals surface area (Å²) >= 11 is 0. The van der Waals surface area contributed by atoms with Crippen LogP contribution in [-0.2, 0) is 22.4 Å². The van der Waals surface area contributed by atoms with E-state index in [1.807, 2.05) is 0 Å². The van der Waals surface area contributed by atoms with Gasteiger partial charge < -0.3 is 22.4 Å². The standard InChI is InChI=1S/C30H68O5Si3/c1-15-18-32-36(33-19-16-2)21-17-20-31-22-30(35-38(27(9)10,28(11)12)29(13)14)23-34-37(24(3)4,25(5)6)26(7)8/h24-30,36H,15-23H2,1-14H3. The molecule has 5 nitrogen and oxygen atoms in total. The maximum atomic E-state index is 7.26. The molecule has 0 saturated carbocycles. The van der Waals surface area contributed by atoms with Gasteiger partial charge in [-0.3, -0.25) is 0 Å². The lowest BCUT2D eigenvalue weighted by molar-refractivity contribution is 0.0127. The molecule has 0 heterocycles. The maximum Gasteiger partial charge on any atom is 0.321 e. The first-order valence-electron chi connectivity index (χ1n) is 15.9. The van der Waals surface area contributed by atoms with Crippen molar-refractivity contribution in [3.8, 4) is 0 Å². The lowest BCUT2D eigenvalue weighted by Gasteiger charge is -2.46. The van der Waals surface area contributed by atoms with Gasteiger partial charge in [-0.1, -0.05) is 96.9 Å². The Morgan fingerprint density at radius 1 is 0.553 bits per heavy atom. The van der Waals surface area contributed by atoms with Gasteiger partial charge in [0.2, 0.25) is 8.32 Å². The summed E-state index contributed by atoms with van der Waals surface area (Å²) in [4.78, 5) is 0. The van der Waals surface area contributed by atoms with Gasteiger partial charge in [0.1, 0.15) is 0 Å². The van der Waals surface area contributed by atoms with Gasteiger partial charge in [0, 0.05) is 19.8 Å². The van der Waals surface area contributed by atoms with Crippen LogP contribution in [0.3, 0.4) is 0 Å². The predicted octanol–water partition coefficient (Wildman–Crippen LogP) is 9.22. The number of hydrogen-bond donors (Lipinski definition) is 0. The van der Waals surface area contributed by atoms with Gasteiger partial charge in [0.15, 0.2) is 8.32 Å². The second-order valence-electron chi connectivity index (χ2n) is 13.1. The van der Waals surface area contributed by atoms with Crippen LogP contribution in [0.15, 0.2) is 0 Å². The van der Waals surface area contributed by atoms with Crippen molar-refractivity contribution in [2.75, 3.05) is 33.0 Å². The van der Waals surface area contributed by atoms with E-state index in [2.05, 4.69) is 96.9 Å². The molecule has 230 valence electrons. The second kappa shape index (κ2) is 19.5. The highest BCUT2D eigenvalue weighted by Crippen LogP contribution is 2.45. The highest BCUT2D eigenvalue weighted by Gasteiger charge is 2.48. The first kappa shape index (κ1) is 38.5. The van der Waals surface area contributed by atoms with Crippen molar-refractivity contribution < 1.29 is 22.4 Å². The Labute approximate surface area is 242 Å². The van der Waals surface area contributed by atoms with Gasteiger partial charge in [0.05, 0.1) is 19.3 Å². The molecule has 38 heavy (non-hydrogen) atoms. The van der Waals surface area contributed by atoms with Gasteiger partial charge in [-0.05, 0) is 58.6 Å². The van der Waals surface area contributed by atoms with E-state index in [1.165, 1.54) is 0 Å². The Kier molecular flexibility index (Phi) is 19.8. The second-order valence-corrected chi connectivity index (χ2v) is 26.0. The molecule has 1 atom stereocenters. The van der Waals surface area contributed by atoms with E-state index in [0.29, 0.717) is 46.5 Å². The summed E-state index contributed by atoms with van der Waals surface area (Å²) in [6, 6.07) is 0.995. The summed E-state index contributed by atoms with van der Waals surface area (Å²) in [5.74, 6) is 0. The topological polar surface area (TPSA) is 46.2 Å². The fraction of sp³-hybridized carbons (Fsp3) is 1.00. The molecular weight excluding hydrogens is 525 g/mol. The zero-order chi connectivity index (χ0) is 29.5. The maximum absolute atomic E-state index is 7.26. The van der Waals surface area contributed by atoms with E-state index in [1.54, 1.807) is 0 Å². The highest BCUT2D eigenvalue weighted by molar-refractivity contribution is 6.78. The molecular formula is C30H68O5Si3. The summed E-state index contributed by atoms with van der Waals surface area (Å²) in [5, 5.41) is 0. The molecule has 0 saturated heterocycles. The molecule has 0 fully saturated rings. The quantitative estimate of drug-likeness (QED) is 0.0874. The summed E-state index contributed by atoms with van der Waals surface area (Å²) in [6.07, 6.45) is 3.02. The molecule has 0 N–H and O–H groups in total. The highest BCUT2D eigenvalue weighted by atomic mass is 28.4. The van der Waals surface area contributed by atoms with E-state index in [-0.39, 0.29) is 6.10 Å². The Morgan fingerprint density at radius 2 is 0.974 bits per heavy atom. The van der Waals surface area contributed by atoms with Gasteiger partial charge in [-0.15, -0.1) is 0 Å². The monoisotopic (exact) mass is 592 g/mol. The van der Waals surface area contributed by atoms with Crippen molar-refractivity contribution >= 4 is 25.9 Å². The average molecular weight is 593 g/mol. The van der Waals surface area contributed by atoms with Crippen molar-refractivity contribution in [2.24, 2.45) is 0 Å². The SMILES string of the molecule is CCCO[SiH](CCCOCC(CO[Si](C(C)C)(C(C)C)C(C)C)O[Si](C(C)C)(C(C)C)C(C)C)OCCC. The zero-order valence-corrected chi connectivity index (χ0v) is 31.2. The van der Waals surface area contributed by atoms with Crippen molar-refractivity contribution in [1.29, 1.82) is 0 Å². The van der Waals surface area contributed by atoms with E-state index in [9.17, 15) is 0 Å². The Bertz CT molecular complexity index is 533. The van der Waals surface area contributed by atoms with E-state index in [4.69, 9.17) is 22.4 Å². The zero-order valence-electron chi connectivity index (χ0n) is 28.0. The van der Waals surface area contributed by atoms with Crippen LogP contribution in [0.2, 0.25) is 39.3 Å². The van der Waals surface area contributed by atoms with Crippen molar-refractivity contribution in [1.82, 2.24) is 0 Å². The van der Waals surface area contributed by atoms with Gasteiger partial charge >= 0.3 is 9.28 Å². The molecule has 0 rings (SSSR count). The van der Waals surface area contributed by atoms with Crippen LogP contribution in [0.1, 0.15) is 116 Å². The Balaban J connectivity index is 5.60. The average Bonchev–Trinajstić information content (AvgIpc) is 2.81. The molecule has 0 aromatic rings. The molecule has 0 bridgehead atoms. The van der Waals surface area contributed by atoms with Gasteiger partial charge in [-0.2, -0.15) is 0 Å². The molecule has 8 heteroatoms. The largest absolute Gasteiger partial charge is 0.413 e. The van der Waals surface area contributed by atoms with E-state index >= 15 is 0 Å². The van der Waals surface area contributed by atoms with Crippen molar-refractivity contribution in [2.45, 2.75) is 162 Å². The number of hydrogen-bond acceptors (Lipinski definition) is 5. The van der Waals surface area contributed by atoms with Crippen LogP contribution < -0.4 is 0 Å². The minimum absolute atomic E-state index is 0.0299. The van der Waals surface area contributed by atoms with Crippen molar-refractivity contribution in [3.63, 3.8) is 0 Å². The predicted molar refractivity (Wildman–Crippen MR) is 173 cm³/mol. The minimum atomic E-state index is -2.06. The van der Waals surface area contributed by atoms with Gasteiger partial charge in [0.25, 0.3) is 0 Å². The number of rotatable bonds is 23. The molecule has 0 amide bonds. The molecule has 0 spiro atoms. The first-order chi connectivity index (χ1) is 17.7. The lowest BCUT2D eigenvalue weighted by atomic mass is 10.4. The molecule has 0 aliphatic rings. The smallest absolute Gasteiger partial charge is 0.321 e. The van der Waals surface area contributed by atoms with Crippen LogP contribution >= 0.6 is 0 Å². The summed E-state index contributed by atoms with van der Waals surface area (Å²) in [5.41, 5.74) is 3.26. The molecule has 0 aromatic carbocycles. The Morgan fingerprint density at radius 3 is 1.34 bits per heavy atom. The third-order valence-electron chi connectivity index (χ3n) is 8.35. The summed E-state index contributed by atoms with van der Waals surface area (Å²) in [7, 11) is -5.66. The Hall–Kier alpha value is 0.451. The number of ether oxygens (including phenoxy) is 1. The summed E-state index contributed by atoms with van der Waals surface area (Å²) < 4.78 is 32.7. The molecule has 0 aliphatic heterocycles. The van der Waals surface area contributed by atoms with Crippen molar-refractivity contribution in [3.05, 3.63) is 0 Å².